The van der Waals surface area contributed by atoms with Crippen LogP contribution in [0.3, 0.4) is 0 Å². The number of likely N-dealkylation sites (N-methyl/N-ethyl adjacent to an activating group) is 1. The van der Waals surface area contributed by atoms with Crippen LogP contribution < -0.4 is 10.2 Å². The molecule has 0 aromatic rings. The third-order valence-electron chi connectivity index (χ3n) is 7.12. The van der Waals surface area contributed by atoms with E-state index in [1.165, 1.54) is 108 Å². The normalized spacial score (nSPS) is 14.1. The number of hydrogen-bond acceptors (Lipinski definition) is 6. The summed E-state index contributed by atoms with van der Waals surface area (Å²) in [5, 5.41) is 2.66. The lowest BCUT2D eigenvalue weighted by Gasteiger charge is -2.30. The van der Waals surface area contributed by atoms with Crippen molar-refractivity contribution in [2.75, 3.05) is 68.1 Å². The van der Waals surface area contributed by atoms with Gasteiger partial charge in [-0.05, 0) is 6.42 Å². The number of unbranched alkanes of at least 4 members (excludes halogenated alkanes) is 17. The van der Waals surface area contributed by atoms with E-state index in [0.717, 1.165) is 12.8 Å². The second kappa shape index (κ2) is 25.8. The summed E-state index contributed by atoms with van der Waals surface area (Å²) in [6.45, 7) is 3.44. The standard InChI is InChI=1S/C31H66N3O6P/c1-7-8-9-10-11-12-13-14-15-16-17-18-19-20-21-22-23-24-26-38-29-30(28-32-31(35)33(2)3)40-41(36,37)39-27-25-34(4,5)6/h30H,7-29H2,1-6H3,(H-,32,35,36,37). The van der Waals surface area contributed by atoms with Gasteiger partial charge in [-0.1, -0.05) is 116 Å². The summed E-state index contributed by atoms with van der Waals surface area (Å²) in [7, 11) is 4.57. The molecule has 0 rings (SSSR count). The Balaban J connectivity index is 3.88. The largest absolute Gasteiger partial charge is 0.756 e. The maximum atomic E-state index is 12.3. The van der Waals surface area contributed by atoms with Gasteiger partial charge in [0, 0.05) is 27.2 Å². The van der Waals surface area contributed by atoms with Crippen molar-refractivity contribution in [3.63, 3.8) is 0 Å². The maximum absolute atomic E-state index is 12.3. The number of carbonyl (C=O) groups excluding carboxylic acids is 1. The zero-order valence-corrected chi connectivity index (χ0v) is 28.5. The molecule has 10 heteroatoms. The number of phosphoric ester groups is 1. The molecule has 0 aliphatic rings. The Morgan fingerprint density at radius 1 is 0.780 bits per heavy atom. The highest BCUT2D eigenvalue weighted by Crippen LogP contribution is 2.39. The molecule has 2 atom stereocenters. The molecule has 0 saturated carbocycles. The first-order chi connectivity index (χ1) is 19.5. The molecule has 2 amide bonds. The minimum Gasteiger partial charge on any atom is -0.756 e. The van der Waals surface area contributed by atoms with Gasteiger partial charge in [-0.25, -0.2) is 4.79 Å². The van der Waals surface area contributed by atoms with Gasteiger partial charge >= 0.3 is 6.03 Å². The van der Waals surface area contributed by atoms with Crippen molar-refractivity contribution >= 4 is 13.9 Å². The highest BCUT2D eigenvalue weighted by molar-refractivity contribution is 7.45. The maximum Gasteiger partial charge on any atom is 0.316 e. The fraction of sp³-hybridized carbons (Fsp3) is 0.968. The number of amides is 2. The zero-order valence-electron chi connectivity index (χ0n) is 27.6. The van der Waals surface area contributed by atoms with E-state index in [0.29, 0.717) is 17.6 Å². The van der Waals surface area contributed by atoms with Gasteiger partial charge in [0.15, 0.2) is 0 Å². The van der Waals surface area contributed by atoms with Crippen molar-refractivity contribution in [1.82, 2.24) is 10.2 Å². The van der Waals surface area contributed by atoms with E-state index >= 15 is 0 Å². The molecule has 0 radical (unpaired) electrons. The van der Waals surface area contributed by atoms with Crippen LogP contribution >= 0.6 is 7.82 Å². The van der Waals surface area contributed by atoms with Crippen LogP contribution in [-0.2, 0) is 18.3 Å². The van der Waals surface area contributed by atoms with Gasteiger partial charge in [-0.2, -0.15) is 0 Å². The lowest BCUT2D eigenvalue weighted by atomic mass is 10.0. The average molecular weight is 608 g/mol. The van der Waals surface area contributed by atoms with Gasteiger partial charge in [0.25, 0.3) is 7.82 Å². The SMILES string of the molecule is CCCCCCCCCCCCCCCCCCCCOCC(CNC(=O)N(C)C)OP(=O)([O-])OCC[N+](C)(C)C. The quantitative estimate of drug-likeness (QED) is 0.0565. The molecule has 0 spiro atoms. The molecule has 0 bridgehead atoms. The van der Waals surface area contributed by atoms with Crippen molar-refractivity contribution in [3.8, 4) is 0 Å². The average Bonchev–Trinajstić information content (AvgIpc) is 2.89. The van der Waals surface area contributed by atoms with Crippen LogP contribution in [0.4, 0.5) is 4.79 Å². The smallest absolute Gasteiger partial charge is 0.316 e. The number of ether oxygens (including phenoxy) is 1. The van der Waals surface area contributed by atoms with E-state index < -0.39 is 13.9 Å². The van der Waals surface area contributed by atoms with Crippen molar-refractivity contribution in [2.45, 2.75) is 129 Å². The molecule has 9 nitrogen and oxygen atoms in total. The highest BCUT2D eigenvalue weighted by Gasteiger charge is 2.21. The van der Waals surface area contributed by atoms with Gasteiger partial charge in [-0.3, -0.25) is 4.57 Å². The molecular weight excluding hydrogens is 541 g/mol. The summed E-state index contributed by atoms with van der Waals surface area (Å²) in [4.78, 5) is 25.6. The van der Waals surface area contributed by atoms with E-state index in [9.17, 15) is 14.3 Å². The van der Waals surface area contributed by atoms with Crippen LogP contribution in [0.5, 0.6) is 0 Å². The molecule has 0 saturated heterocycles. The first-order valence-electron chi connectivity index (χ1n) is 16.4. The lowest BCUT2D eigenvalue weighted by Crippen LogP contribution is -2.41. The Hall–Kier alpha value is -0.700. The second-order valence-corrected chi connectivity index (χ2v) is 14.1. The molecule has 1 N–H and O–H groups in total. The number of hydrogen-bond donors (Lipinski definition) is 1. The molecule has 246 valence electrons. The Kier molecular flexibility index (Phi) is 25.3. The van der Waals surface area contributed by atoms with Gasteiger partial charge in [0.1, 0.15) is 19.3 Å². The molecule has 0 heterocycles. The third kappa shape index (κ3) is 29.2. The summed E-state index contributed by atoms with van der Waals surface area (Å²) >= 11 is 0. The van der Waals surface area contributed by atoms with E-state index in [1.54, 1.807) is 14.1 Å². The van der Waals surface area contributed by atoms with Crippen LogP contribution in [0, 0.1) is 0 Å². The van der Waals surface area contributed by atoms with Gasteiger partial charge < -0.3 is 33.4 Å². The highest BCUT2D eigenvalue weighted by atomic mass is 31.2. The first-order valence-corrected chi connectivity index (χ1v) is 17.9. The van der Waals surface area contributed by atoms with E-state index in [2.05, 4.69) is 12.2 Å². The fourth-order valence-corrected chi connectivity index (χ4v) is 5.31. The number of nitrogens with one attached hydrogen (secondary N) is 1. The third-order valence-corrected chi connectivity index (χ3v) is 8.18. The molecule has 0 aliphatic carbocycles. The first kappa shape index (κ1) is 40.3. The van der Waals surface area contributed by atoms with Crippen LogP contribution in [0.25, 0.3) is 0 Å². The van der Waals surface area contributed by atoms with Gasteiger partial charge in [0.05, 0.1) is 27.7 Å². The summed E-state index contributed by atoms with van der Waals surface area (Å²) in [5.74, 6) is 0. The van der Waals surface area contributed by atoms with Crippen LogP contribution in [0.15, 0.2) is 0 Å². The second-order valence-electron chi connectivity index (χ2n) is 12.7. The van der Waals surface area contributed by atoms with E-state index in [-0.39, 0.29) is 25.8 Å². The number of phosphoric acid groups is 1. The van der Waals surface area contributed by atoms with E-state index in [1.807, 2.05) is 21.1 Å². The van der Waals surface area contributed by atoms with Crippen molar-refractivity contribution < 1.29 is 32.5 Å². The Labute approximate surface area is 253 Å². The van der Waals surface area contributed by atoms with Crippen LogP contribution in [0.1, 0.15) is 122 Å². The predicted molar refractivity (Wildman–Crippen MR) is 168 cm³/mol. The van der Waals surface area contributed by atoms with Gasteiger partial charge in [0.2, 0.25) is 0 Å². The lowest BCUT2D eigenvalue weighted by molar-refractivity contribution is -0.870. The Morgan fingerprint density at radius 2 is 1.22 bits per heavy atom. The van der Waals surface area contributed by atoms with Crippen LogP contribution in [0.2, 0.25) is 0 Å². The summed E-state index contributed by atoms with van der Waals surface area (Å²) in [5.41, 5.74) is 0. The molecular formula is C31H66N3O6P. The topological polar surface area (TPSA) is 100 Å². The van der Waals surface area contributed by atoms with Crippen molar-refractivity contribution in [1.29, 1.82) is 0 Å². The van der Waals surface area contributed by atoms with Crippen LogP contribution in [-0.4, -0.2) is 89.7 Å². The molecule has 0 aliphatic heterocycles. The number of rotatable bonds is 29. The molecule has 0 fully saturated rings. The number of nitrogens with zero attached hydrogens (tertiary/aromatic N) is 2. The molecule has 0 aromatic carbocycles. The van der Waals surface area contributed by atoms with E-state index in [4.69, 9.17) is 13.8 Å². The predicted octanol–water partition coefficient (Wildman–Crippen LogP) is 6.89. The summed E-state index contributed by atoms with van der Waals surface area (Å²) in [6, 6.07) is -0.325. The summed E-state index contributed by atoms with van der Waals surface area (Å²) < 4.78 is 28.9. The monoisotopic (exact) mass is 607 g/mol. The number of carbonyl (C=O) groups is 1. The van der Waals surface area contributed by atoms with Gasteiger partial charge in [-0.15, -0.1) is 0 Å². The minimum atomic E-state index is -4.52. The minimum absolute atomic E-state index is 0.0149. The number of quaternary nitrogens is 1. The molecule has 2 unspecified atom stereocenters. The summed E-state index contributed by atoms with van der Waals surface area (Å²) in [6.07, 6.45) is 23.0. The number of urea groups is 1. The molecule has 41 heavy (non-hydrogen) atoms. The van der Waals surface area contributed by atoms with Crippen molar-refractivity contribution in [2.24, 2.45) is 0 Å². The Morgan fingerprint density at radius 3 is 1.63 bits per heavy atom. The zero-order chi connectivity index (χ0) is 30.8. The van der Waals surface area contributed by atoms with Crippen molar-refractivity contribution in [3.05, 3.63) is 0 Å². The molecule has 0 aromatic heterocycles. The Bertz CT molecular complexity index is 660. The fourth-order valence-electron chi connectivity index (χ4n) is 4.45.